The molecule has 0 fully saturated rings. The molecule has 0 heterocycles. The summed E-state index contributed by atoms with van der Waals surface area (Å²) in [6, 6.07) is 11.9. The molecule has 0 unspecified atom stereocenters. The van der Waals surface area contributed by atoms with Gasteiger partial charge in [0.25, 0.3) is 20.1 Å². The van der Waals surface area contributed by atoms with E-state index in [0.29, 0.717) is 0 Å². The fraction of sp³-hybridized carbons (Fsp3) is 0. The molecule has 0 amide bonds. The summed E-state index contributed by atoms with van der Waals surface area (Å²) in [7, 11) is -8.52. The van der Waals surface area contributed by atoms with Crippen LogP contribution in [0.25, 0.3) is 10.8 Å². The van der Waals surface area contributed by atoms with Crippen LogP contribution in [0.5, 0.6) is 5.75 Å². The van der Waals surface area contributed by atoms with Crippen molar-refractivity contribution < 1.29 is 26.5 Å². The van der Waals surface area contributed by atoms with Crippen molar-refractivity contribution in [2.45, 2.75) is 9.79 Å². The van der Waals surface area contributed by atoms with Crippen LogP contribution in [-0.4, -0.2) is 26.5 Å². The van der Waals surface area contributed by atoms with Crippen LogP contribution in [0.1, 0.15) is 0 Å². The molecule has 0 saturated heterocycles. The van der Waals surface area contributed by atoms with Gasteiger partial charge in [-0.05, 0) is 30.3 Å². The van der Waals surface area contributed by atoms with Crippen LogP contribution in [-0.2, 0) is 20.1 Å². The molecule has 10 heteroatoms. The van der Waals surface area contributed by atoms with Crippen molar-refractivity contribution in [2.24, 2.45) is 0 Å². The van der Waals surface area contributed by atoms with E-state index in [4.69, 9.17) is 5.73 Å². The van der Waals surface area contributed by atoms with Crippen LogP contribution in [0.4, 0.5) is 11.4 Å². The number of rotatable bonds is 4. The summed E-state index contributed by atoms with van der Waals surface area (Å²) in [5.41, 5.74) is 5.56. The molecule has 0 bridgehead atoms. The summed E-state index contributed by atoms with van der Waals surface area (Å²) in [4.78, 5) is -0.499. The van der Waals surface area contributed by atoms with Gasteiger partial charge in [0, 0.05) is 10.8 Å². The van der Waals surface area contributed by atoms with Gasteiger partial charge in [-0.25, -0.2) is 8.42 Å². The molecule has 136 valence electrons. The van der Waals surface area contributed by atoms with Gasteiger partial charge in [0.15, 0.2) is 0 Å². The zero-order valence-corrected chi connectivity index (χ0v) is 14.8. The van der Waals surface area contributed by atoms with Crippen LogP contribution in [0.2, 0.25) is 0 Å². The lowest BCUT2D eigenvalue weighted by Gasteiger charge is -2.12. The molecule has 3 rings (SSSR count). The summed E-state index contributed by atoms with van der Waals surface area (Å²) >= 11 is 0. The highest BCUT2D eigenvalue weighted by molar-refractivity contribution is 7.92. The van der Waals surface area contributed by atoms with Gasteiger partial charge in [0.1, 0.15) is 10.6 Å². The fourth-order valence-electron chi connectivity index (χ4n) is 2.50. The largest absolute Gasteiger partial charge is 0.506 e. The zero-order chi connectivity index (χ0) is 19.1. The minimum Gasteiger partial charge on any atom is -0.506 e. The lowest BCUT2D eigenvalue weighted by molar-refractivity contribution is 0.477. The second-order valence-corrected chi connectivity index (χ2v) is 8.53. The van der Waals surface area contributed by atoms with E-state index in [0.717, 1.165) is 12.1 Å². The molecule has 0 atom stereocenters. The number of nitrogen functional groups attached to an aromatic ring is 1. The van der Waals surface area contributed by atoms with Crippen molar-refractivity contribution in [3.8, 4) is 5.75 Å². The standard InChI is InChI=1S/C16H14N2O6S2/c17-13-9-10(7-8-15(13)19)25(20,21)18-14-5-1-4-12-11(14)3-2-6-16(12)26(22,23)24/h1-9,18-19H,17H2,(H,22,23,24). The number of fused-ring (bicyclic) bond motifs is 1. The number of nitrogens with one attached hydrogen (secondary N) is 1. The van der Waals surface area contributed by atoms with E-state index < -0.39 is 20.1 Å². The third kappa shape index (κ3) is 3.29. The average molecular weight is 394 g/mol. The zero-order valence-electron chi connectivity index (χ0n) is 13.1. The molecule has 0 aromatic heterocycles. The van der Waals surface area contributed by atoms with Gasteiger partial charge in [-0.15, -0.1) is 0 Å². The van der Waals surface area contributed by atoms with Gasteiger partial charge >= 0.3 is 0 Å². The van der Waals surface area contributed by atoms with Crippen LogP contribution < -0.4 is 10.5 Å². The summed E-state index contributed by atoms with van der Waals surface area (Å²) in [6.45, 7) is 0. The lowest BCUT2D eigenvalue weighted by atomic mass is 10.1. The van der Waals surface area contributed by atoms with Crippen molar-refractivity contribution >= 4 is 42.3 Å². The highest BCUT2D eigenvalue weighted by Gasteiger charge is 2.19. The first-order valence-electron chi connectivity index (χ1n) is 7.20. The smallest absolute Gasteiger partial charge is 0.295 e. The number of anilines is 2. The van der Waals surface area contributed by atoms with Crippen LogP contribution in [0.3, 0.4) is 0 Å². The minimum absolute atomic E-state index is 0.0977. The maximum absolute atomic E-state index is 12.6. The Morgan fingerprint density at radius 1 is 0.885 bits per heavy atom. The van der Waals surface area contributed by atoms with Gasteiger partial charge in [-0.2, -0.15) is 8.42 Å². The molecule has 0 radical (unpaired) electrons. The van der Waals surface area contributed by atoms with Gasteiger partial charge in [-0.3, -0.25) is 9.27 Å². The number of nitrogens with two attached hydrogens (primary N) is 1. The quantitative estimate of drug-likeness (QED) is 0.301. The maximum Gasteiger partial charge on any atom is 0.295 e. The van der Waals surface area contributed by atoms with Crippen molar-refractivity contribution in [2.75, 3.05) is 10.5 Å². The Kier molecular flexibility index (Phi) is 4.26. The van der Waals surface area contributed by atoms with Gasteiger partial charge < -0.3 is 10.8 Å². The van der Waals surface area contributed by atoms with Crippen molar-refractivity contribution in [3.63, 3.8) is 0 Å². The predicted octanol–water partition coefficient (Wildman–Crippen LogP) is 2.18. The van der Waals surface area contributed by atoms with Gasteiger partial charge in [-0.1, -0.05) is 24.3 Å². The second-order valence-electron chi connectivity index (χ2n) is 5.46. The predicted molar refractivity (Wildman–Crippen MR) is 97.1 cm³/mol. The molecular formula is C16H14N2O6S2. The fourth-order valence-corrected chi connectivity index (χ4v) is 4.32. The topological polar surface area (TPSA) is 147 Å². The first-order valence-corrected chi connectivity index (χ1v) is 10.1. The molecule has 5 N–H and O–H groups in total. The van der Waals surface area contributed by atoms with Crippen LogP contribution >= 0.6 is 0 Å². The number of sulfonamides is 1. The van der Waals surface area contributed by atoms with E-state index in [-0.39, 0.29) is 37.7 Å². The van der Waals surface area contributed by atoms with Crippen LogP contribution in [0.15, 0.2) is 64.4 Å². The summed E-state index contributed by atoms with van der Waals surface area (Å²) in [6.07, 6.45) is 0. The van der Waals surface area contributed by atoms with Gasteiger partial charge in [0.2, 0.25) is 0 Å². The molecule has 0 saturated carbocycles. The van der Waals surface area contributed by atoms with Gasteiger partial charge in [0.05, 0.1) is 16.3 Å². The molecule has 3 aromatic rings. The highest BCUT2D eigenvalue weighted by Crippen LogP contribution is 2.31. The van der Waals surface area contributed by atoms with Crippen molar-refractivity contribution in [1.82, 2.24) is 0 Å². The molecule has 3 aromatic carbocycles. The number of phenols is 1. The van der Waals surface area contributed by atoms with E-state index in [2.05, 4.69) is 4.72 Å². The molecular weight excluding hydrogens is 380 g/mol. The van der Waals surface area contributed by atoms with E-state index in [1.807, 2.05) is 0 Å². The Bertz CT molecular complexity index is 1220. The highest BCUT2D eigenvalue weighted by atomic mass is 32.2. The molecule has 8 nitrogen and oxygen atoms in total. The Balaban J connectivity index is 2.13. The first-order chi connectivity index (χ1) is 12.1. The Morgan fingerprint density at radius 2 is 1.54 bits per heavy atom. The second kappa shape index (κ2) is 6.16. The average Bonchev–Trinajstić information content (AvgIpc) is 2.56. The van der Waals surface area contributed by atoms with E-state index in [9.17, 15) is 26.5 Å². The Morgan fingerprint density at radius 3 is 2.19 bits per heavy atom. The van der Waals surface area contributed by atoms with E-state index in [1.165, 1.54) is 42.5 Å². The maximum atomic E-state index is 12.6. The number of benzene rings is 3. The van der Waals surface area contributed by atoms with Crippen molar-refractivity contribution in [1.29, 1.82) is 0 Å². The first kappa shape index (κ1) is 18.0. The van der Waals surface area contributed by atoms with Crippen molar-refractivity contribution in [3.05, 3.63) is 54.6 Å². The molecule has 0 aliphatic carbocycles. The molecule has 0 aliphatic heterocycles. The normalized spacial score (nSPS) is 12.2. The molecule has 26 heavy (non-hydrogen) atoms. The molecule has 0 spiro atoms. The third-order valence-corrected chi connectivity index (χ3v) is 5.99. The van der Waals surface area contributed by atoms with Crippen LogP contribution in [0, 0.1) is 0 Å². The summed E-state index contributed by atoms with van der Waals surface area (Å²) in [5, 5.41) is 9.88. The summed E-state index contributed by atoms with van der Waals surface area (Å²) in [5.74, 6) is -0.244. The number of hydrogen-bond acceptors (Lipinski definition) is 6. The Hall–Kier alpha value is -2.82. The number of hydrogen-bond donors (Lipinski definition) is 4. The van der Waals surface area contributed by atoms with E-state index in [1.54, 1.807) is 0 Å². The number of aromatic hydroxyl groups is 1. The lowest BCUT2D eigenvalue weighted by Crippen LogP contribution is -2.13. The van der Waals surface area contributed by atoms with E-state index >= 15 is 0 Å². The Labute approximate surface area is 149 Å². The monoisotopic (exact) mass is 394 g/mol. The molecule has 0 aliphatic rings. The minimum atomic E-state index is -4.47. The number of phenolic OH excluding ortho intramolecular Hbond substituents is 1. The SMILES string of the molecule is Nc1cc(S(=O)(=O)Nc2cccc3c(S(=O)(=O)O)cccc23)ccc1O. The third-order valence-electron chi connectivity index (χ3n) is 3.71. The summed E-state index contributed by atoms with van der Waals surface area (Å²) < 4.78 is 59.9.